The van der Waals surface area contributed by atoms with Gasteiger partial charge in [-0.1, -0.05) is 13.8 Å². The Morgan fingerprint density at radius 3 is 2.71 bits per heavy atom. The fraction of sp³-hybridized carbons (Fsp3) is 0.429. The standard InChI is InChI=1S/C14H18N4O3/c1-10(2)14(19)16-6-7-17(3)12-4-5-13(18(20)21)11(8-12)9-15/h4-5,8,10H,6-7H2,1-3H3,(H,16,19). The number of rotatable bonds is 6. The first-order valence-corrected chi connectivity index (χ1v) is 6.54. The van der Waals surface area contributed by atoms with Gasteiger partial charge in [0.05, 0.1) is 4.92 Å². The van der Waals surface area contributed by atoms with Gasteiger partial charge in [-0.15, -0.1) is 0 Å². The van der Waals surface area contributed by atoms with Gasteiger partial charge in [-0.05, 0) is 12.1 Å². The maximum Gasteiger partial charge on any atom is 0.287 e. The summed E-state index contributed by atoms with van der Waals surface area (Å²) in [6.45, 7) is 4.64. The zero-order chi connectivity index (χ0) is 16.0. The fourth-order valence-electron chi connectivity index (χ4n) is 1.69. The summed E-state index contributed by atoms with van der Waals surface area (Å²) < 4.78 is 0. The Balaban J connectivity index is 2.71. The summed E-state index contributed by atoms with van der Waals surface area (Å²) in [6.07, 6.45) is 0. The lowest BCUT2D eigenvalue weighted by Crippen LogP contribution is -2.35. The highest BCUT2D eigenvalue weighted by molar-refractivity contribution is 5.77. The summed E-state index contributed by atoms with van der Waals surface area (Å²) in [5.41, 5.74) is 0.509. The minimum atomic E-state index is -0.578. The largest absolute Gasteiger partial charge is 0.373 e. The highest BCUT2D eigenvalue weighted by Gasteiger charge is 2.15. The molecule has 0 spiro atoms. The molecule has 0 atom stereocenters. The lowest BCUT2D eigenvalue weighted by molar-refractivity contribution is -0.385. The van der Waals surface area contributed by atoms with Crippen LogP contribution >= 0.6 is 0 Å². The Morgan fingerprint density at radius 2 is 2.19 bits per heavy atom. The van der Waals surface area contributed by atoms with Gasteiger partial charge >= 0.3 is 0 Å². The van der Waals surface area contributed by atoms with E-state index in [1.807, 2.05) is 24.8 Å². The van der Waals surface area contributed by atoms with Crippen LogP contribution in [0.1, 0.15) is 19.4 Å². The van der Waals surface area contributed by atoms with Gasteiger partial charge in [0.15, 0.2) is 0 Å². The molecule has 0 radical (unpaired) electrons. The summed E-state index contributed by atoms with van der Waals surface area (Å²) in [4.78, 5) is 23.4. The van der Waals surface area contributed by atoms with Crippen molar-refractivity contribution in [3.05, 3.63) is 33.9 Å². The number of hydrogen-bond donors (Lipinski definition) is 1. The summed E-state index contributed by atoms with van der Waals surface area (Å²) in [6, 6.07) is 6.20. The molecule has 0 aromatic heterocycles. The second-order valence-corrected chi connectivity index (χ2v) is 4.94. The summed E-state index contributed by atoms with van der Waals surface area (Å²) >= 11 is 0. The normalized spacial score (nSPS) is 10.0. The van der Waals surface area contributed by atoms with Crippen molar-refractivity contribution in [1.29, 1.82) is 5.26 Å². The quantitative estimate of drug-likeness (QED) is 0.634. The predicted octanol–water partition coefficient (Wildman–Crippen LogP) is 1.67. The van der Waals surface area contributed by atoms with Crippen LogP contribution in [-0.2, 0) is 4.79 Å². The lowest BCUT2D eigenvalue weighted by Gasteiger charge is -2.20. The third kappa shape index (κ3) is 4.45. The number of nitrogens with one attached hydrogen (secondary N) is 1. The molecule has 1 aromatic carbocycles. The van der Waals surface area contributed by atoms with Crippen LogP contribution in [0, 0.1) is 27.4 Å². The van der Waals surface area contributed by atoms with Crippen LogP contribution in [0.2, 0.25) is 0 Å². The van der Waals surface area contributed by atoms with Crippen molar-refractivity contribution >= 4 is 17.3 Å². The third-order valence-corrected chi connectivity index (χ3v) is 3.01. The van der Waals surface area contributed by atoms with Gasteiger partial charge in [0, 0.05) is 37.8 Å². The Hall–Kier alpha value is -2.62. The Kier molecular flexibility index (Phi) is 5.67. The molecule has 112 valence electrons. The molecule has 1 aromatic rings. The van der Waals surface area contributed by atoms with Crippen LogP contribution in [0.3, 0.4) is 0 Å². The highest BCUT2D eigenvalue weighted by Crippen LogP contribution is 2.23. The van der Waals surface area contributed by atoms with Gasteiger partial charge in [-0.2, -0.15) is 5.26 Å². The van der Waals surface area contributed by atoms with Crippen LogP contribution in [0.15, 0.2) is 18.2 Å². The van der Waals surface area contributed by atoms with Crippen LogP contribution in [0.25, 0.3) is 0 Å². The first-order chi connectivity index (χ1) is 9.86. The van der Waals surface area contributed by atoms with E-state index in [0.717, 1.165) is 0 Å². The minimum absolute atomic E-state index is 0.0233. The molecule has 0 heterocycles. The zero-order valence-electron chi connectivity index (χ0n) is 12.3. The molecule has 0 unspecified atom stereocenters. The molecule has 0 saturated carbocycles. The van der Waals surface area contributed by atoms with Gasteiger partial charge in [0.25, 0.3) is 5.69 Å². The first kappa shape index (κ1) is 16.4. The molecule has 0 aliphatic heterocycles. The molecule has 0 bridgehead atoms. The van der Waals surface area contributed by atoms with Crippen molar-refractivity contribution in [2.24, 2.45) is 5.92 Å². The van der Waals surface area contributed by atoms with Crippen molar-refractivity contribution in [2.45, 2.75) is 13.8 Å². The molecular formula is C14H18N4O3. The SMILES string of the molecule is CC(C)C(=O)NCCN(C)c1ccc([N+](=O)[O-])c(C#N)c1. The van der Waals surface area contributed by atoms with Gasteiger partial charge < -0.3 is 10.2 Å². The Labute approximate surface area is 123 Å². The van der Waals surface area contributed by atoms with E-state index in [4.69, 9.17) is 5.26 Å². The van der Waals surface area contributed by atoms with Crippen molar-refractivity contribution in [3.8, 4) is 6.07 Å². The minimum Gasteiger partial charge on any atom is -0.373 e. The molecular weight excluding hydrogens is 272 g/mol. The molecule has 21 heavy (non-hydrogen) atoms. The number of nitro benzene ring substituents is 1. The molecule has 7 heteroatoms. The van der Waals surface area contributed by atoms with E-state index >= 15 is 0 Å². The molecule has 0 aliphatic carbocycles. The smallest absolute Gasteiger partial charge is 0.287 e. The topological polar surface area (TPSA) is 99.3 Å². The number of amides is 1. The number of carbonyl (C=O) groups excluding carboxylic acids is 1. The monoisotopic (exact) mass is 290 g/mol. The average Bonchev–Trinajstić information content (AvgIpc) is 2.45. The number of anilines is 1. The van der Waals surface area contributed by atoms with Crippen LogP contribution in [0.4, 0.5) is 11.4 Å². The van der Waals surface area contributed by atoms with E-state index in [2.05, 4.69) is 5.32 Å². The van der Waals surface area contributed by atoms with E-state index in [9.17, 15) is 14.9 Å². The van der Waals surface area contributed by atoms with Crippen molar-refractivity contribution < 1.29 is 9.72 Å². The zero-order valence-corrected chi connectivity index (χ0v) is 12.3. The molecule has 1 rings (SSSR count). The molecule has 7 nitrogen and oxygen atoms in total. The Bertz CT molecular complexity index is 578. The van der Waals surface area contributed by atoms with E-state index in [1.165, 1.54) is 12.1 Å². The van der Waals surface area contributed by atoms with Gasteiger partial charge in [0.1, 0.15) is 11.6 Å². The van der Waals surface area contributed by atoms with Gasteiger partial charge in [-0.25, -0.2) is 0 Å². The van der Waals surface area contributed by atoms with Crippen LogP contribution in [0.5, 0.6) is 0 Å². The van der Waals surface area contributed by atoms with Crippen LogP contribution < -0.4 is 10.2 Å². The maximum atomic E-state index is 11.4. The second kappa shape index (κ2) is 7.24. The van der Waals surface area contributed by atoms with Crippen molar-refractivity contribution in [3.63, 3.8) is 0 Å². The van der Waals surface area contributed by atoms with E-state index in [-0.39, 0.29) is 23.1 Å². The number of nitro groups is 1. The molecule has 1 amide bonds. The van der Waals surface area contributed by atoms with Crippen molar-refractivity contribution in [1.82, 2.24) is 5.32 Å². The summed E-state index contributed by atoms with van der Waals surface area (Å²) in [5, 5.41) is 22.5. The number of likely N-dealkylation sites (N-methyl/N-ethyl adjacent to an activating group) is 1. The second-order valence-electron chi connectivity index (χ2n) is 4.94. The van der Waals surface area contributed by atoms with Crippen molar-refractivity contribution in [2.75, 3.05) is 25.0 Å². The molecule has 0 aliphatic rings. The van der Waals surface area contributed by atoms with E-state index in [1.54, 1.807) is 13.1 Å². The Morgan fingerprint density at radius 1 is 1.52 bits per heavy atom. The average molecular weight is 290 g/mol. The number of hydrogen-bond acceptors (Lipinski definition) is 5. The van der Waals surface area contributed by atoms with Crippen LogP contribution in [-0.4, -0.2) is 31.0 Å². The van der Waals surface area contributed by atoms with Gasteiger partial charge in [-0.3, -0.25) is 14.9 Å². The van der Waals surface area contributed by atoms with Gasteiger partial charge in [0.2, 0.25) is 5.91 Å². The maximum absolute atomic E-state index is 11.4. The van der Waals surface area contributed by atoms with E-state index < -0.39 is 4.92 Å². The molecule has 0 fully saturated rings. The molecule has 0 saturated heterocycles. The predicted molar refractivity (Wildman–Crippen MR) is 78.9 cm³/mol. The summed E-state index contributed by atoms with van der Waals surface area (Å²) in [5.74, 6) is -0.0929. The number of carbonyl (C=O) groups is 1. The molecule has 1 N–H and O–H groups in total. The third-order valence-electron chi connectivity index (χ3n) is 3.01. The number of nitrogens with zero attached hydrogens (tertiary/aromatic N) is 3. The highest BCUT2D eigenvalue weighted by atomic mass is 16.6. The summed E-state index contributed by atoms with van der Waals surface area (Å²) in [7, 11) is 1.80. The number of nitriles is 1. The first-order valence-electron chi connectivity index (χ1n) is 6.54. The fourth-order valence-corrected chi connectivity index (χ4v) is 1.69. The number of benzene rings is 1. The van der Waals surface area contributed by atoms with E-state index in [0.29, 0.717) is 18.8 Å². The lowest BCUT2D eigenvalue weighted by atomic mass is 10.1.